The summed E-state index contributed by atoms with van der Waals surface area (Å²) in [7, 11) is 4.32. The molecule has 0 saturated carbocycles. The van der Waals surface area contributed by atoms with Crippen molar-refractivity contribution in [2.45, 2.75) is 45.7 Å². The van der Waals surface area contributed by atoms with Gasteiger partial charge in [0, 0.05) is 30.4 Å². The SMILES string of the molecule is Cc1cc(C)c(NC(=O)Oc2ccc3c(c2)[C@]2(C)CCN(C)C2N3C)c(C)c1. The molecule has 5 nitrogen and oxygen atoms in total. The molecule has 2 atom stereocenters. The van der Waals surface area contributed by atoms with E-state index in [0.717, 1.165) is 29.8 Å². The van der Waals surface area contributed by atoms with Crippen LogP contribution < -0.4 is 15.0 Å². The first-order chi connectivity index (χ1) is 13.2. The monoisotopic (exact) mass is 379 g/mol. The summed E-state index contributed by atoms with van der Waals surface area (Å²) in [6, 6.07) is 10.1. The molecule has 1 N–H and O–H groups in total. The van der Waals surface area contributed by atoms with Crippen LogP contribution in [0.2, 0.25) is 0 Å². The summed E-state index contributed by atoms with van der Waals surface area (Å²) in [5, 5.41) is 2.91. The Hall–Kier alpha value is -2.53. The zero-order valence-electron chi connectivity index (χ0n) is 17.6. The van der Waals surface area contributed by atoms with Gasteiger partial charge in [0.15, 0.2) is 0 Å². The Balaban J connectivity index is 1.57. The third kappa shape index (κ3) is 2.85. The van der Waals surface area contributed by atoms with Crippen molar-refractivity contribution in [2.24, 2.45) is 0 Å². The van der Waals surface area contributed by atoms with Gasteiger partial charge in [0.1, 0.15) is 5.75 Å². The average Bonchev–Trinajstić information content (AvgIpc) is 3.04. The number of nitrogens with zero attached hydrogens (tertiary/aromatic N) is 2. The summed E-state index contributed by atoms with van der Waals surface area (Å²) in [6.07, 6.45) is 0.999. The fraction of sp³-hybridized carbons (Fsp3) is 0.435. The third-order valence-corrected chi connectivity index (χ3v) is 6.42. The second-order valence-electron chi connectivity index (χ2n) is 8.60. The molecule has 1 amide bonds. The van der Waals surface area contributed by atoms with Crippen LogP contribution >= 0.6 is 0 Å². The van der Waals surface area contributed by atoms with Gasteiger partial charge in [-0.25, -0.2) is 4.79 Å². The fourth-order valence-corrected chi connectivity index (χ4v) is 5.23. The second-order valence-corrected chi connectivity index (χ2v) is 8.60. The first kappa shape index (κ1) is 18.8. The summed E-state index contributed by atoms with van der Waals surface area (Å²) >= 11 is 0. The number of rotatable bonds is 2. The Bertz CT molecular complexity index is 932. The van der Waals surface area contributed by atoms with E-state index in [1.54, 1.807) is 0 Å². The van der Waals surface area contributed by atoms with Crippen molar-refractivity contribution < 1.29 is 9.53 Å². The van der Waals surface area contributed by atoms with Gasteiger partial charge in [0.05, 0.1) is 6.17 Å². The Morgan fingerprint density at radius 2 is 1.82 bits per heavy atom. The molecule has 148 valence electrons. The molecule has 5 heteroatoms. The smallest absolute Gasteiger partial charge is 0.410 e. The van der Waals surface area contributed by atoms with E-state index in [0.29, 0.717) is 11.9 Å². The number of likely N-dealkylation sites (N-methyl/N-ethyl adjacent to an activating group) is 2. The molecule has 2 aromatic rings. The molecule has 28 heavy (non-hydrogen) atoms. The molecule has 1 fully saturated rings. The number of benzene rings is 2. The Morgan fingerprint density at radius 1 is 1.14 bits per heavy atom. The predicted octanol–water partition coefficient (Wildman–Crippen LogP) is 4.59. The van der Waals surface area contributed by atoms with Crippen LogP contribution in [-0.2, 0) is 5.41 Å². The van der Waals surface area contributed by atoms with Crippen molar-refractivity contribution >= 4 is 17.5 Å². The van der Waals surface area contributed by atoms with Gasteiger partial charge in [-0.05, 0) is 69.1 Å². The van der Waals surface area contributed by atoms with Crippen LogP contribution in [-0.4, -0.2) is 37.8 Å². The normalized spacial score (nSPS) is 23.5. The minimum Gasteiger partial charge on any atom is -0.410 e. The van der Waals surface area contributed by atoms with E-state index in [9.17, 15) is 4.79 Å². The minimum atomic E-state index is -0.452. The van der Waals surface area contributed by atoms with E-state index >= 15 is 0 Å². The highest BCUT2D eigenvalue weighted by atomic mass is 16.6. The fourth-order valence-electron chi connectivity index (χ4n) is 5.23. The van der Waals surface area contributed by atoms with Gasteiger partial charge in [0.25, 0.3) is 0 Å². The second kappa shape index (κ2) is 6.52. The number of anilines is 2. The van der Waals surface area contributed by atoms with Gasteiger partial charge in [-0.1, -0.05) is 24.6 Å². The van der Waals surface area contributed by atoms with Crippen molar-refractivity contribution in [3.05, 3.63) is 52.6 Å². The van der Waals surface area contributed by atoms with Crippen LogP contribution in [0.5, 0.6) is 5.75 Å². The molecule has 2 aliphatic heterocycles. The number of hydrogen-bond donors (Lipinski definition) is 1. The lowest BCUT2D eigenvalue weighted by Crippen LogP contribution is -2.45. The maximum absolute atomic E-state index is 12.5. The largest absolute Gasteiger partial charge is 0.417 e. The highest BCUT2D eigenvalue weighted by Crippen LogP contribution is 2.51. The van der Waals surface area contributed by atoms with Crippen LogP contribution in [0.4, 0.5) is 16.2 Å². The molecule has 0 aromatic heterocycles. The Labute approximate surface area is 167 Å². The van der Waals surface area contributed by atoms with E-state index < -0.39 is 6.09 Å². The number of likely N-dealkylation sites (tertiary alicyclic amines) is 1. The summed E-state index contributed by atoms with van der Waals surface area (Å²) in [4.78, 5) is 17.3. The van der Waals surface area contributed by atoms with Crippen LogP contribution in [0.1, 0.15) is 35.6 Å². The molecular formula is C23H29N3O2. The summed E-state index contributed by atoms with van der Waals surface area (Å²) in [5.74, 6) is 0.587. The Morgan fingerprint density at radius 3 is 2.50 bits per heavy atom. The molecule has 1 saturated heterocycles. The Kier molecular flexibility index (Phi) is 4.38. The average molecular weight is 380 g/mol. The number of fused-ring (bicyclic) bond motifs is 3. The molecule has 0 spiro atoms. The highest BCUT2D eigenvalue weighted by Gasteiger charge is 2.52. The maximum atomic E-state index is 12.5. The van der Waals surface area contributed by atoms with Gasteiger partial charge in [-0.3, -0.25) is 10.2 Å². The lowest BCUT2D eigenvalue weighted by molar-refractivity contribution is 0.215. The van der Waals surface area contributed by atoms with Gasteiger partial charge < -0.3 is 9.64 Å². The van der Waals surface area contributed by atoms with Crippen LogP contribution in [0.15, 0.2) is 30.3 Å². The molecule has 0 radical (unpaired) electrons. The molecule has 2 heterocycles. The molecule has 2 aliphatic rings. The lowest BCUT2D eigenvalue weighted by atomic mass is 9.81. The van der Waals surface area contributed by atoms with Crippen molar-refractivity contribution in [3.8, 4) is 5.75 Å². The van der Waals surface area contributed by atoms with E-state index in [-0.39, 0.29) is 5.41 Å². The quantitative estimate of drug-likeness (QED) is 0.829. The van der Waals surface area contributed by atoms with E-state index in [1.165, 1.54) is 16.8 Å². The van der Waals surface area contributed by atoms with Crippen molar-refractivity contribution in [3.63, 3.8) is 0 Å². The molecule has 1 unspecified atom stereocenters. The van der Waals surface area contributed by atoms with Crippen molar-refractivity contribution in [1.82, 2.24) is 4.90 Å². The number of aryl methyl sites for hydroxylation is 3. The molecular weight excluding hydrogens is 350 g/mol. The van der Waals surface area contributed by atoms with Gasteiger partial charge in [-0.2, -0.15) is 0 Å². The summed E-state index contributed by atoms with van der Waals surface area (Å²) < 4.78 is 5.66. The number of hydrogen-bond acceptors (Lipinski definition) is 4. The van der Waals surface area contributed by atoms with E-state index in [2.05, 4.69) is 61.3 Å². The van der Waals surface area contributed by atoms with Crippen molar-refractivity contribution in [1.29, 1.82) is 0 Å². The van der Waals surface area contributed by atoms with Crippen LogP contribution in [0.3, 0.4) is 0 Å². The molecule has 0 bridgehead atoms. The number of carbonyl (C=O) groups is 1. The van der Waals surface area contributed by atoms with Crippen LogP contribution in [0.25, 0.3) is 0 Å². The minimum absolute atomic E-state index is 0.0544. The number of nitrogens with one attached hydrogen (secondary N) is 1. The van der Waals surface area contributed by atoms with Gasteiger partial charge in [0.2, 0.25) is 0 Å². The number of amides is 1. The van der Waals surface area contributed by atoms with Crippen molar-refractivity contribution in [2.75, 3.05) is 30.9 Å². The summed E-state index contributed by atoms with van der Waals surface area (Å²) in [5.41, 5.74) is 6.61. The predicted molar refractivity (Wildman–Crippen MR) is 114 cm³/mol. The molecule has 2 aromatic carbocycles. The highest BCUT2D eigenvalue weighted by molar-refractivity contribution is 5.88. The van der Waals surface area contributed by atoms with Gasteiger partial charge in [-0.15, -0.1) is 0 Å². The molecule has 0 aliphatic carbocycles. The first-order valence-electron chi connectivity index (χ1n) is 9.85. The van der Waals surface area contributed by atoms with Crippen LogP contribution in [0, 0.1) is 20.8 Å². The summed E-state index contributed by atoms with van der Waals surface area (Å²) in [6.45, 7) is 9.43. The third-order valence-electron chi connectivity index (χ3n) is 6.42. The van der Waals surface area contributed by atoms with Gasteiger partial charge >= 0.3 is 6.09 Å². The zero-order chi connectivity index (χ0) is 20.2. The number of carbonyl (C=O) groups excluding carboxylic acids is 1. The number of ether oxygens (including phenoxy) is 1. The van der Waals surface area contributed by atoms with E-state index in [1.807, 2.05) is 26.0 Å². The van der Waals surface area contributed by atoms with E-state index in [4.69, 9.17) is 4.74 Å². The topological polar surface area (TPSA) is 44.8 Å². The first-order valence-corrected chi connectivity index (χ1v) is 9.85. The lowest BCUT2D eigenvalue weighted by Gasteiger charge is -2.32. The standard InChI is InChI=1S/C23H29N3O2/c1-14-11-15(2)20(16(3)12-14)24-22(27)28-17-7-8-19-18(13-17)23(4)9-10-25(5)21(23)26(19)6/h7-8,11-13,21H,9-10H2,1-6H3,(H,24,27)/t21?,23-/m0/s1. The molecule has 4 rings (SSSR count). The maximum Gasteiger partial charge on any atom is 0.417 e. The zero-order valence-corrected chi connectivity index (χ0v) is 17.6.